The van der Waals surface area contributed by atoms with E-state index in [9.17, 15) is 0 Å². The zero-order valence-electron chi connectivity index (χ0n) is 13.1. The van der Waals surface area contributed by atoms with Gasteiger partial charge in [-0.2, -0.15) is 0 Å². The van der Waals surface area contributed by atoms with Crippen LogP contribution in [0.1, 0.15) is 44.4 Å². The largest absolute Gasteiger partial charge is 0.467 e. The predicted molar refractivity (Wildman–Crippen MR) is 79.6 cm³/mol. The van der Waals surface area contributed by atoms with Gasteiger partial charge >= 0.3 is 0 Å². The third-order valence-electron chi connectivity index (χ3n) is 2.83. The van der Waals surface area contributed by atoms with Gasteiger partial charge in [0.05, 0.1) is 0 Å². The third-order valence-corrected chi connectivity index (χ3v) is 2.83. The van der Waals surface area contributed by atoms with Crippen molar-refractivity contribution in [2.24, 2.45) is 0 Å². The lowest BCUT2D eigenvalue weighted by molar-refractivity contribution is 0.0216. The van der Waals surface area contributed by atoms with Gasteiger partial charge in [0.25, 0.3) is 0 Å². The van der Waals surface area contributed by atoms with E-state index in [1.807, 2.05) is 6.92 Å². The highest BCUT2D eigenvalue weighted by molar-refractivity contribution is 5.43. The molecule has 0 saturated carbocycles. The van der Waals surface area contributed by atoms with E-state index >= 15 is 0 Å². The molecule has 0 fully saturated rings. The lowest BCUT2D eigenvalue weighted by atomic mass is 10.0. The molecular weight excluding hydrogens is 238 g/mol. The van der Waals surface area contributed by atoms with Gasteiger partial charge in [0, 0.05) is 18.7 Å². The Balaban J connectivity index is 2.73. The Morgan fingerprint density at radius 1 is 1.11 bits per heavy atom. The second kappa shape index (κ2) is 6.92. The van der Waals surface area contributed by atoms with E-state index in [0.717, 1.165) is 23.4 Å². The Hall–Kier alpha value is -1.06. The summed E-state index contributed by atoms with van der Waals surface area (Å²) in [5, 5.41) is 3.50. The highest BCUT2D eigenvalue weighted by atomic mass is 16.7. The highest BCUT2D eigenvalue weighted by Crippen LogP contribution is 2.25. The number of hydrogen-bond acceptors (Lipinski definition) is 3. The van der Waals surface area contributed by atoms with Crippen LogP contribution in [0.15, 0.2) is 12.1 Å². The van der Waals surface area contributed by atoms with Crippen LogP contribution in [-0.2, 0) is 11.3 Å². The number of rotatable bonds is 6. The maximum atomic E-state index is 5.67. The van der Waals surface area contributed by atoms with Gasteiger partial charge in [-0.05, 0) is 58.2 Å². The zero-order valence-corrected chi connectivity index (χ0v) is 13.1. The molecule has 1 aromatic carbocycles. The Bertz CT molecular complexity index is 385. The topological polar surface area (TPSA) is 30.5 Å². The normalized spacial score (nSPS) is 11.7. The average Bonchev–Trinajstić information content (AvgIpc) is 2.29. The van der Waals surface area contributed by atoms with Crippen molar-refractivity contribution in [1.82, 2.24) is 5.32 Å². The fourth-order valence-electron chi connectivity index (χ4n) is 1.92. The van der Waals surface area contributed by atoms with E-state index in [4.69, 9.17) is 9.47 Å². The summed E-state index contributed by atoms with van der Waals surface area (Å²) < 4.78 is 10.9. The van der Waals surface area contributed by atoms with Crippen molar-refractivity contribution in [3.05, 3.63) is 28.8 Å². The summed E-state index contributed by atoms with van der Waals surface area (Å²) in [5.74, 6) is 0.938. The fourth-order valence-corrected chi connectivity index (χ4v) is 1.92. The molecule has 0 radical (unpaired) electrons. The van der Waals surface area contributed by atoms with Gasteiger partial charge in [-0.3, -0.25) is 0 Å². The molecule has 0 atom stereocenters. The minimum Gasteiger partial charge on any atom is -0.467 e. The van der Waals surface area contributed by atoms with E-state index < -0.39 is 0 Å². The molecule has 0 bridgehead atoms. The quantitative estimate of drug-likeness (QED) is 0.630. The Labute approximate surface area is 117 Å². The van der Waals surface area contributed by atoms with Crippen molar-refractivity contribution < 1.29 is 9.47 Å². The van der Waals surface area contributed by atoms with E-state index in [0.29, 0.717) is 13.4 Å². The maximum absolute atomic E-state index is 5.67. The smallest absolute Gasteiger partial charge is 0.189 e. The van der Waals surface area contributed by atoms with Crippen LogP contribution in [0.2, 0.25) is 0 Å². The molecule has 0 heterocycles. The van der Waals surface area contributed by atoms with Gasteiger partial charge in [-0.1, -0.05) is 12.1 Å². The first-order valence-corrected chi connectivity index (χ1v) is 6.89. The molecule has 19 heavy (non-hydrogen) atoms. The molecule has 3 heteroatoms. The first-order valence-electron chi connectivity index (χ1n) is 6.89. The summed E-state index contributed by atoms with van der Waals surface area (Å²) in [7, 11) is 0. The summed E-state index contributed by atoms with van der Waals surface area (Å²) in [5.41, 5.74) is 3.73. The Morgan fingerprint density at radius 2 is 1.68 bits per heavy atom. The van der Waals surface area contributed by atoms with Crippen LogP contribution in [0.3, 0.4) is 0 Å². The number of hydrogen-bond donors (Lipinski definition) is 1. The average molecular weight is 265 g/mol. The molecule has 108 valence electrons. The highest BCUT2D eigenvalue weighted by Gasteiger charge is 2.11. The third kappa shape index (κ3) is 5.62. The van der Waals surface area contributed by atoms with Gasteiger partial charge < -0.3 is 14.8 Å². The standard InChI is InChI=1S/C16H27NO2/c1-7-18-11-19-15-12(2)8-14(9-13(15)3)10-17-16(4,5)6/h8-9,17H,7,10-11H2,1-6H3. The van der Waals surface area contributed by atoms with Crippen molar-refractivity contribution in [2.75, 3.05) is 13.4 Å². The first-order chi connectivity index (χ1) is 8.83. The van der Waals surface area contributed by atoms with Gasteiger partial charge in [-0.15, -0.1) is 0 Å². The molecule has 0 aliphatic heterocycles. The lowest BCUT2D eigenvalue weighted by Crippen LogP contribution is -2.35. The summed E-state index contributed by atoms with van der Waals surface area (Å²) in [4.78, 5) is 0. The van der Waals surface area contributed by atoms with Crippen molar-refractivity contribution in [1.29, 1.82) is 0 Å². The van der Waals surface area contributed by atoms with Crippen LogP contribution >= 0.6 is 0 Å². The second-order valence-electron chi connectivity index (χ2n) is 5.92. The number of ether oxygens (including phenoxy) is 2. The van der Waals surface area contributed by atoms with Gasteiger partial charge in [0.2, 0.25) is 0 Å². The molecule has 0 unspecified atom stereocenters. The van der Waals surface area contributed by atoms with Crippen LogP contribution in [0.25, 0.3) is 0 Å². The van der Waals surface area contributed by atoms with Crippen molar-refractivity contribution in [3.63, 3.8) is 0 Å². The van der Waals surface area contributed by atoms with Crippen molar-refractivity contribution in [3.8, 4) is 5.75 Å². The lowest BCUT2D eigenvalue weighted by Gasteiger charge is -2.21. The summed E-state index contributed by atoms with van der Waals surface area (Å²) >= 11 is 0. The summed E-state index contributed by atoms with van der Waals surface area (Å²) in [6.07, 6.45) is 0. The predicted octanol–water partition coefficient (Wildman–Crippen LogP) is 3.56. The van der Waals surface area contributed by atoms with E-state index in [1.165, 1.54) is 5.56 Å². The van der Waals surface area contributed by atoms with Crippen LogP contribution in [0.5, 0.6) is 5.75 Å². The second-order valence-corrected chi connectivity index (χ2v) is 5.92. The van der Waals surface area contributed by atoms with Crippen molar-refractivity contribution in [2.45, 2.75) is 53.6 Å². The number of nitrogens with one attached hydrogen (secondary N) is 1. The van der Waals surface area contributed by atoms with Gasteiger partial charge in [0.15, 0.2) is 6.79 Å². The molecule has 3 nitrogen and oxygen atoms in total. The molecule has 0 aliphatic carbocycles. The number of benzene rings is 1. The summed E-state index contributed by atoms with van der Waals surface area (Å²) in [6.45, 7) is 14.5. The van der Waals surface area contributed by atoms with Gasteiger partial charge in [-0.25, -0.2) is 0 Å². The van der Waals surface area contributed by atoms with Crippen LogP contribution < -0.4 is 10.1 Å². The summed E-state index contributed by atoms with van der Waals surface area (Å²) in [6, 6.07) is 4.35. The van der Waals surface area contributed by atoms with Crippen molar-refractivity contribution >= 4 is 0 Å². The monoisotopic (exact) mass is 265 g/mol. The Kier molecular flexibility index (Phi) is 5.83. The maximum Gasteiger partial charge on any atom is 0.189 e. The molecular formula is C16H27NO2. The van der Waals surface area contributed by atoms with Gasteiger partial charge in [0.1, 0.15) is 5.75 Å². The molecule has 0 saturated heterocycles. The minimum atomic E-state index is 0.131. The zero-order chi connectivity index (χ0) is 14.5. The van der Waals surface area contributed by atoms with E-state index in [2.05, 4.69) is 52.1 Å². The molecule has 0 aromatic heterocycles. The van der Waals surface area contributed by atoms with Crippen LogP contribution in [0, 0.1) is 13.8 Å². The molecule has 1 aromatic rings. The number of aryl methyl sites for hydroxylation is 2. The molecule has 0 amide bonds. The molecule has 1 rings (SSSR count). The Morgan fingerprint density at radius 3 is 2.16 bits per heavy atom. The SMILES string of the molecule is CCOCOc1c(C)cc(CNC(C)(C)C)cc1C. The van der Waals surface area contributed by atoms with Crippen LogP contribution in [0.4, 0.5) is 0 Å². The fraction of sp³-hybridized carbons (Fsp3) is 0.625. The van der Waals surface area contributed by atoms with Crippen LogP contribution in [-0.4, -0.2) is 18.9 Å². The van der Waals surface area contributed by atoms with E-state index in [-0.39, 0.29) is 5.54 Å². The molecule has 0 spiro atoms. The minimum absolute atomic E-state index is 0.131. The van der Waals surface area contributed by atoms with E-state index in [1.54, 1.807) is 0 Å². The molecule has 0 aliphatic rings. The molecule has 1 N–H and O–H groups in total. The first kappa shape index (κ1) is 16.0.